The van der Waals surface area contributed by atoms with Gasteiger partial charge >= 0.3 is 0 Å². The number of hydrogen-bond donors (Lipinski definition) is 3. The summed E-state index contributed by atoms with van der Waals surface area (Å²) in [7, 11) is 0. The lowest BCUT2D eigenvalue weighted by atomic mass is 10.0. The molecule has 0 bridgehead atoms. The molecule has 9 heteroatoms. The molecular weight excluding hydrogens is 462 g/mol. The summed E-state index contributed by atoms with van der Waals surface area (Å²) in [5.41, 5.74) is 14.2. The zero-order valence-electron chi connectivity index (χ0n) is 21.4. The largest absolute Gasteiger partial charge is 0.368 e. The molecule has 0 spiro atoms. The fourth-order valence-electron chi connectivity index (χ4n) is 5.54. The van der Waals surface area contributed by atoms with Crippen molar-refractivity contribution in [2.75, 3.05) is 11.1 Å². The molecule has 0 amide bonds. The van der Waals surface area contributed by atoms with E-state index in [-0.39, 0.29) is 5.95 Å². The summed E-state index contributed by atoms with van der Waals surface area (Å²) in [5.74, 6) is 1.27. The maximum absolute atomic E-state index is 6.26. The molecule has 0 radical (unpaired) electrons. The Hall–Kier alpha value is -3.85. The molecule has 190 valence electrons. The number of anilines is 3. The molecule has 0 aliphatic heterocycles. The van der Waals surface area contributed by atoms with Crippen LogP contribution >= 0.6 is 0 Å². The molecule has 2 aliphatic carbocycles. The van der Waals surface area contributed by atoms with Crippen molar-refractivity contribution in [2.24, 2.45) is 0 Å². The number of fused-ring (bicyclic) bond motifs is 4. The van der Waals surface area contributed by atoms with E-state index in [4.69, 9.17) is 5.73 Å². The summed E-state index contributed by atoms with van der Waals surface area (Å²) in [6, 6.07) is 13.6. The molecule has 9 nitrogen and oxygen atoms in total. The average molecular weight is 496 g/mol. The maximum atomic E-state index is 6.26. The van der Waals surface area contributed by atoms with Gasteiger partial charge in [-0.05, 0) is 92.0 Å². The zero-order chi connectivity index (χ0) is 25.4. The molecule has 0 saturated carbocycles. The number of aryl methyl sites for hydroxylation is 4. The Morgan fingerprint density at radius 3 is 2.70 bits per heavy atom. The molecule has 4 N–H and O–H groups in total. The molecule has 2 aliphatic rings. The van der Waals surface area contributed by atoms with Crippen molar-refractivity contribution in [3.8, 4) is 17.1 Å². The van der Waals surface area contributed by atoms with Crippen molar-refractivity contribution in [3.63, 3.8) is 0 Å². The van der Waals surface area contributed by atoms with E-state index in [0.29, 0.717) is 23.8 Å². The van der Waals surface area contributed by atoms with Crippen LogP contribution in [0, 0.1) is 0 Å². The monoisotopic (exact) mass is 495 g/mol. The van der Waals surface area contributed by atoms with Gasteiger partial charge in [-0.3, -0.25) is 4.98 Å². The molecule has 0 fully saturated rings. The average Bonchev–Trinajstić information content (AvgIpc) is 3.03. The van der Waals surface area contributed by atoms with Gasteiger partial charge in [0.2, 0.25) is 11.9 Å². The summed E-state index contributed by atoms with van der Waals surface area (Å²) < 4.78 is 1.55. The smallest absolute Gasteiger partial charge is 0.248 e. The van der Waals surface area contributed by atoms with Crippen LogP contribution in [0.3, 0.4) is 0 Å². The Morgan fingerprint density at radius 2 is 1.84 bits per heavy atom. The van der Waals surface area contributed by atoms with Crippen LogP contribution in [-0.4, -0.2) is 42.0 Å². The van der Waals surface area contributed by atoms with E-state index in [1.54, 1.807) is 4.68 Å². The quantitative estimate of drug-likeness (QED) is 0.353. The van der Waals surface area contributed by atoms with E-state index in [1.165, 1.54) is 17.5 Å². The highest BCUT2D eigenvalue weighted by Crippen LogP contribution is 2.30. The van der Waals surface area contributed by atoms with Crippen LogP contribution in [0.25, 0.3) is 17.1 Å². The number of pyridine rings is 1. The van der Waals surface area contributed by atoms with Gasteiger partial charge in [-0.2, -0.15) is 9.67 Å². The van der Waals surface area contributed by atoms with Crippen molar-refractivity contribution in [1.82, 2.24) is 35.3 Å². The normalized spacial score (nSPS) is 16.9. The molecule has 3 aromatic heterocycles. The minimum Gasteiger partial charge on any atom is -0.368 e. The van der Waals surface area contributed by atoms with Crippen molar-refractivity contribution in [2.45, 2.75) is 70.9 Å². The molecular formula is C28H33N9. The minimum atomic E-state index is 0.268. The second-order valence-corrected chi connectivity index (χ2v) is 10.3. The van der Waals surface area contributed by atoms with Gasteiger partial charge in [0, 0.05) is 35.2 Å². The fourth-order valence-corrected chi connectivity index (χ4v) is 5.54. The summed E-state index contributed by atoms with van der Waals surface area (Å²) in [4.78, 5) is 8.99. The number of nitrogens with zero attached hydrogens (tertiary/aromatic N) is 6. The molecule has 37 heavy (non-hydrogen) atoms. The lowest BCUT2D eigenvalue weighted by Gasteiger charge is -2.18. The van der Waals surface area contributed by atoms with Gasteiger partial charge in [-0.15, -0.1) is 15.3 Å². The van der Waals surface area contributed by atoms with Crippen LogP contribution in [0.1, 0.15) is 55.5 Å². The van der Waals surface area contributed by atoms with Crippen LogP contribution in [0.2, 0.25) is 0 Å². The van der Waals surface area contributed by atoms with Crippen LogP contribution in [-0.2, 0) is 25.7 Å². The highest BCUT2D eigenvalue weighted by atomic mass is 15.4. The Kier molecular flexibility index (Phi) is 6.30. The Balaban J connectivity index is 1.22. The molecule has 3 heterocycles. The van der Waals surface area contributed by atoms with E-state index in [0.717, 1.165) is 66.7 Å². The molecule has 1 atom stereocenters. The fraction of sp³-hybridized carbons (Fsp3) is 0.393. The highest BCUT2D eigenvalue weighted by Gasteiger charge is 2.20. The summed E-state index contributed by atoms with van der Waals surface area (Å²) in [5, 5.41) is 20.6. The van der Waals surface area contributed by atoms with E-state index in [2.05, 4.69) is 74.0 Å². The van der Waals surface area contributed by atoms with Crippen molar-refractivity contribution < 1.29 is 0 Å². The third-order valence-electron chi connectivity index (χ3n) is 7.27. The van der Waals surface area contributed by atoms with E-state index < -0.39 is 0 Å². The summed E-state index contributed by atoms with van der Waals surface area (Å²) in [6.45, 7) is 4.43. The molecule has 1 aromatic carbocycles. The van der Waals surface area contributed by atoms with Gasteiger partial charge in [0.25, 0.3) is 0 Å². The number of nitrogens with two attached hydrogens (primary N) is 1. The van der Waals surface area contributed by atoms with Gasteiger partial charge in [-0.25, -0.2) is 0 Å². The minimum absolute atomic E-state index is 0.268. The first-order chi connectivity index (χ1) is 18.0. The van der Waals surface area contributed by atoms with Crippen LogP contribution in [0.15, 0.2) is 42.6 Å². The lowest BCUT2D eigenvalue weighted by Crippen LogP contribution is -2.34. The van der Waals surface area contributed by atoms with Crippen LogP contribution < -0.4 is 16.4 Å². The van der Waals surface area contributed by atoms with Gasteiger partial charge in [0.15, 0.2) is 5.82 Å². The Labute approximate surface area is 216 Å². The van der Waals surface area contributed by atoms with Gasteiger partial charge in [-0.1, -0.05) is 19.9 Å². The van der Waals surface area contributed by atoms with Crippen LogP contribution in [0.4, 0.5) is 17.6 Å². The predicted octanol–water partition coefficient (Wildman–Crippen LogP) is 4.18. The topological polar surface area (TPSA) is 119 Å². The van der Waals surface area contributed by atoms with Gasteiger partial charge in [0.05, 0.1) is 5.69 Å². The highest BCUT2D eigenvalue weighted by molar-refractivity contribution is 5.67. The molecule has 4 aromatic rings. The molecule has 6 rings (SSSR count). The third-order valence-corrected chi connectivity index (χ3v) is 7.27. The first-order valence-corrected chi connectivity index (χ1v) is 13.2. The van der Waals surface area contributed by atoms with E-state index in [1.807, 2.05) is 18.3 Å². The van der Waals surface area contributed by atoms with Crippen LogP contribution in [0.5, 0.6) is 0 Å². The summed E-state index contributed by atoms with van der Waals surface area (Å²) in [6.07, 6.45) is 9.14. The second-order valence-electron chi connectivity index (χ2n) is 10.3. The number of hydrogen-bond acceptors (Lipinski definition) is 8. The first kappa shape index (κ1) is 23.5. The maximum Gasteiger partial charge on any atom is 0.248 e. The number of nitrogens with one attached hydrogen (secondary N) is 2. The standard InChI is InChI=1S/C28H33N9/c1-17(2)31-21-11-8-18-9-13-22(15-19(18)10-12-21)32-28-33-27(29)37(36-28)25-16-20-5-3-7-24-23(6-4-14-30-24)26(20)35-34-25/h4,6,9,13-17,21,31H,3,5,7-8,10-12H2,1-2H3,(H3,29,32,33,36)/t21-/m0/s1. The Bertz CT molecular complexity index is 1430. The van der Waals surface area contributed by atoms with Gasteiger partial charge in [0.1, 0.15) is 0 Å². The number of rotatable bonds is 5. The zero-order valence-corrected chi connectivity index (χ0v) is 21.4. The third kappa shape index (κ3) is 4.91. The van der Waals surface area contributed by atoms with Crippen molar-refractivity contribution in [1.29, 1.82) is 0 Å². The SMILES string of the molecule is CC(C)N[C@H]1CCc2ccc(Nc3nc(N)n(-c4cc5c(nn4)-c4cccnc4CCC5)n3)cc2CC1. The molecule has 0 unspecified atom stereocenters. The van der Waals surface area contributed by atoms with Crippen molar-refractivity contribution in [3.05, 3.63) is 65.0 Å². The second kappa shape index (κ2) is 9.89. The van der Waals surface area contributed by atoms with E-state index in [9.17, 15) is 0 Å². The first-order valence-electron chi connectivity index (χ1n) is 13.2. The van der Waals surface area contributed by atoms with Crippen molar-refractivity contribution >= 4 is 17.6 Å². The lowest BCUT2D eigenvalue weighted by molar-refractivity contribution is 0.424. The number of nitrogen functional groups attached to an aromatic ring is 1. The summed E-state index contributed by atoms with van der Waals surface area (Å²) >= 11 is 0. The van der Waals surface area contributed by atoms with E-state index >= 15 is 0 Å². The number of aromatic nitrogens is 6. The van der Waals surface area contributed by atoms with Gasteiger partial charge < -0.3 is 16.4 Å². The molecule has 0 saturated heterocycles. The predicted molar refractivity (Wildman–Crippen MR) is 145 cm³/mol. The Morgan fingerprint density at radius 1 is 0.973 bits per heavy atom. The number of benzene rings is 1.